The molecule has 156 valence electrons. The highest BCUT2D eigenvalue weighted by Crippen LogP contribution is 2.39. The van der Waals surface area contributed by atoms with Gasteiger partial charge in [0.05, 0.1) is 17.4 Å². The molecule has 1 heterocycles. The van der Waals surface area contributed by atoms with Crippen LogP contribution in [-0.2, 0) is 22.4 Å². The molecule has 0 unspecified atom stereocenters. The molecular weight excluding hydrogens is 388 g/mol. The van der Waals surface area contributed by atoms with E-state index in [0.717, 1.165) is 56.9 Å². The van der Waals surface area contributed by atoms with E-state index in [4.69, 9.17) is 0 Å². The van der Waals surface area contributed by atoms with Gasteiger partial charge in [-0.1, -0.05) is 25.0 Å². The number of hydrogen-bond acceptors (Lipinski definition) is 4. The van der Waals surface area contributed by atoms with Gasteiger partial charge in [-0.15, -0.1) is 11.3 Å². The van der Waals surface area contributed by atoms with Crippen molar-refractivity contribution in [1.29, 1.82) is 0 Å². The summed E-state index contributed by atoms with van der Waals surface area (Å²) in [5.41, 5.74) is 1.69. The van der Waals surface area contributed by atoms with Crippen molar-refractivity contribution in [2.45, 2.75) is 70.3 Å². The minimum atomic E-state index is -0.945. The predicted octanol–water partition coefficient (Wildman–Crippen LogP) is 3.90. The van der Waals surface area contributed by atoms with Gasteiger partial charge >= 0.3 is 5.97 Å². The molecule has 1 aromatic heterocycles. The molecule has 1 aromatic rings. The monoisotopic (exact) mass is 416 g/mol. The maximum Gasteiger partial charge on any atom is 0.307 e. The number of nitrogens with one attached hydrogen (secondary N) is 2. The molecule has 7 heteroatoms. The van der Waals surface area contributed by atoms with Crippen LogP contribution in [0.5, 0.6) is 0 Å². The zero-order valence-electron chi connectivity index (χ0n) is 16.5. The van der Waals surface area contributed by atoms with E-state index in [9.17, 15) is 19.5 Å². The highest BCUT2D eigenvalue weighted by Gasteiger charge is 2.35. The molecule has 1 saturated carbocycles. The number of carboxylic acid groups (broad SMARTS) is 1. The van der Waals surface area contributed by atoms with Crippen LogP contribution in [-0.4, -0.2) is 28.9 Å². The van der Waals surface area contributed by atoms with Gasteiger partial charge < -0.3 is 15.7 Å². The van der Waals surface area contributed by atoms with Gasteiger partial charge in [-0.2, -0.15) is 0 Å². The fraction of sp³-hybridized carbons (Fsp3) is 0.591. The first-order valence-electron chi connectivity index (χ1n) is 10.7. The number of anilines is 1. The van der Waals surface area contributed by atoms with Crippen molar-refractivity contribution in [1.82, 2.24) is 5.32 Å². The van der Waals surface area contributed by atoms with Gasteiger partial charge in [0, 0.05) is 10.9 Å². The van der Waals surface area contributed by atoms with Gasteiger partial charge in [-0.25, -0.2) is 0 Å². The molecule has 0 saturated heterocycles. The number of carboxylic acids is 1. The molecule has 1 fully saturated rings. The molecule has 2 amide bonds. The number of carbonyl (C=O) groups excluding carboxylic acids is 2. The summed E-state index contributed by atoms with van der Waals surface area (Å²) >= 11 is 1.49. The Bertz CT molecular complexity index is 838. The third-order valence-corrected chi connectivity index (χ3v) is 7.62. The van der Waals surface area contributed by atoms with Gasteiger partial charge in [0.15, 0.2) is 0 Å². The fourth-order valence-corrected chi connectivity index (χ4v) is 6.09. The molecule has 4 rings (SSSR count). The Labute approximate surface area is 174 Å². The van der Waals surface area contributed by atoms with E-state index in [-0.39, 0.29) is 17.9 Å². The summed E-state index contributed by atoms with van der Waals surface area (Å²) < 4.78 is 0. The van der Waals surface area contributed by atoms with E-state index < -0.39 is 17.8 Å². The van der Waals surface area contributed by atoms with E-state index >= 15 is 0 Å². The van der Waals surface area contributed by atoms with Crippen LogP contribution in [0.25, 0.3) is 0 Å². The Morgan fingerprint density at radius 3 is 2.38 bits per heavy atom. The zero-order valence-corrected chi connectivity index (χ0v) is 17.4. The van der Waals surface area contributed by atoms with Crippen molar-refractivity contribution in [3.05, 3.63) is 28.2 Å². The van der Waals surface area contributed by atoms with Crippen molar-refractivity contribution < 1.29 is 19.5 Å². The molecule has 3 aliphatic rings. The van der Waals surface area contributed by atoms with E-state index in [0.29, 0.717) is 23.4 Å². The molecule has 29 heavy (non-hydrogen) atoms. The predicted molar refractivity (Wildman–Crippen MR) is 112 cm³/mol. The second-order valence-corrected chi connectivity index (χ2v) is 9.46. The molecule has 0 bridgehead atoms. The number of carbonyl (C=O) groups is 3. The summed E-state index contributed by atoms with van der Waals surface area (Å²) in [6.45, 7) is 0. The van der Waals surface area contributed by atoms with E-state index in [1.165, 1.54) is 16.2 Å². The number of amides is 2. The fourth-order valence-electron chi connectivity index (χ4n) is 4.80. The van der Waals surface area contributed by atoms with Crippen LogP contribution in [0.1, 0.15) is 72.2 Å². The SMILES string of the molecule is O=C(NC1CCCC1)c1c(NC(=O)[C@@H]2CC=CC[C@H]2C(=O)O)sc2c1CCCC2. The van der Waals surface area contributed by atoms with Gasteiger partial charge in [0.25, 0.3) is 5.91 Å². The lowest BCUT2D eigenvalue weighted by Crippen LogP contribution is -2.36. The number of thiophene rings is 1. The van der Waals surface area contributed by atoms with E-state index in [2.05, 4.69) is 10.6 Å². The third-order valence-electron chi connectivity index (χ3n) is 6.41. The normalized spacial score (nSPS) is 24.1. The number of allylic oxidation sites excluding steroid dienone is 2. The van der Waals surface area contributed by atoms with Crippen LogP contribution < -0.4 is 10.6 Å². The summed E-state index contributed by atoms with van der Waals surface area (Å²) in [5, 5.41) is 16.2. The topological polar surface area (TPSA) is 95.5 Å². The van der Waals surface area contributed by atoms with Crippen molar-refractivity contribution >= 4 is 34.1 Å². The van der Waals surface area contributed by atoms with Gasteiger partial charge in [-0.05, 0) is 56.9 Å². The first-order chi connectivity index (χ1) is 14.0. The summed E-state index contributed by atoms with van der Waals surface area (Å²) in [4.78, 5) is 38.9. The van der Waals surface area contributed by atoms with Crippen LogP contribution in [0.2, 0.25) is 0 Å². The molecule has 0 aromatic carbocycles. The summed E-state index contributed by atoms with van der Waals surface area (Å²) in [6.07, 6.45) is 12.7. The maximum atomic E-state index is 13.1. The van der Waals surface area contributed by atoms with Crippen LogP contribution >= 0.6 is 11.3 Å². The minimum absolute atomic E-state index is 0.0927. The second-order valence-electron chi connectivity index (χ2n) is 8.35. The average molecular weight is 417 g/mol. The van der Waals surface area contributed by atoms with E-state index in [1.54, 1.807) is 0 Å². The standard InChI is InChI=1S/C22H28N2O4S/c25-19(14-9-3-4-10-15(14)22(27)28)24-21-18(16-11-5-6-12-17(16)29-21)20(26)23-13-7-1-2-8-13/h3-4,13-15H,1-2,5-12H2,(H,23,26)(H,24,25)(H,27,28)/t14-,15-/m1/s1. The second kappa shape index (κ2) is 8.69. The smallest absolute Gasteiger partial charge is 0.307 e. The lowest BCUT2D eigenvalue weighted by atomic mass is 9.82. The molecular formula is C22H28N2O4S. The van der Waals surface area contributed by atoms with Crippen molar-refractivity contribution in [2.75, 3.05) is 5.32 Å². The Kier molecular flexibility index (Phi) is 6.04. The molecule has 0 radical (unpaired) electrons. The molecule has 3 aliphatic carbocycles. The number of hydrogen-bond donors (Lipinski definition) is 3. The number of aliphatic carboxylic acids is 1. The molecule has 3 N–H and O–H groups in total. The number of fused-ring (bicyclic) bond motifs is 1. The van der Waals surface area contributed by atoms with Crippen molar-refractivity contribution in [2.24, 2.45) is 11.8 Å². The first-order valence-corrected chi connectivity index (χ1v) is 11.5. The van der Waals surface area contributed by atoms with Crippen LogP contribution in [0, 0.1) is 11.8 Å². The number of aryl methyl sites for hydroxylation is 1. The quantitative estimate of drug-likeness (QED) is 0.634. The molecule has 0 spiro atoms. The molecule has 6 nitrogen and oxygen atoms in total. The van der Waals surface area contributed by atoms with Crippen molar-refractivity contribution in [3.63, 3.8) is 0 Å². The molecule has 0 aliphatic heterocycles. The minimum Gasteiger partial charge on any atom is -0.481 e. The van der Waals surface area contributed by atoms with E-state index in [1.807, 2.05) is 12.2 Å². The zero-order chi connectivity index (χ0) is 20.4. The van der Waals surface area contributed by atoms with Crippen LogP contribution in [0.3, 0.4) is 0 Å². The van der Waals surface area contributed by atoms with Gasteiger partial charge in [0.2, 0.25) is 5.91 Å². The summed E-state index contributed by atoms with van der Waals surface area (Å²) in [5.74, 6) is -2.66. The lowest BCUT2D eigenvalue weighted by molar-refractivity contribution is -0.146. The highest BCUT2D eigenvalue weighted by atomic mass is 32.1. The Morgan fingerprint density at radius 1 is 0.966 bits per heavy atom. The summed E-state index contributed by atoms with van der Waals surface area (Å²) in [7, 11) is 0. The largest absolute Gasteiger partial charge is 0.481 e. The summed E-state index contributed by atoms with van der Waals surface area (Å²) in [6, 6.07) is 0.213. The Balaban J connectivity index is 1.58. The highest BCUT2D eigenvalue weighted by molar-refractivity contribution is 7.17. The average Bonchev–Trinajstić information content (AvgIpc) is 3.34. The van der Waals surface area contributed by atoms with Crippen LogP contribution in [0.15, 0.2) is 12.2 Å². The third kappa shape index (κ3) is 4.25. The van der Waals surface area contributed by atoms with Crippen molar-refractivity contribution in [3.8, 4) is 0 Å². The lowest BCUT2D eigenvalue weighted by Gasteiger charge is -2.24. The Morgan fingerprint density at radius 2 is 1.66 bits per heavy atom. The first kappa shape index (κ1) is 20.1. The maximum absolute atomic E-state index is 13.1. The Hall–Kier alpha value is -2.15. The van der Waals surface area contributed by atoms with Gasteiger partial charge in [-0.3, -0.25) is 14.4 Å². The molecule has 2 atom stereocenters. The number of rotatable bonds is 5. The van der Waals surface area contributed by atoms with Crippen LogP contribution in [0.4, 0.5) is 5.00 Å². The van der Waals surface area contributed by atoms with Gasteiger partial charge in [0.1, 0.15) is 5.00 Å².